The van der Waals surface area contributed by atoms with E-state index in [0.717, 1.165) is 35.1 Å². The second-order valence-electron chi connectivity index (χ2n) is 9.28. The normalized spacial score (nSPS) is 15.5. The first-order valence-corrected chi connectivity index (χ1v) is 12.5. The second-order valence-corrected chi connectivity index (χ2v) is 9.28. The lowest BCUT2D eigenvalue weighted by Crippen LogP contribution is -2.40. The minimum Gasteiger partial charge on any atom is -0.494 e. The van der Waals surface area contributed by atoms with Crippen LogP contribution in [0.4, 0.5) is 0 Å². The van der Waals surface area contributed by atoms with Gasteiger partial charge in [-0.15, -0.1) is 5.10 Å². The molecule has 0 spiro atoms. The van der Waals surface area contributed by atoms with Crippen molar-refractivity contribution in [2.75, 3.05) is 13.7 Å². The highest BCUT2D eigenvalue weighted by atomic mass is 16.5. The van der Waals surface area contributed by atoms with Gasteiger partial charge < -0.3 is 9.72 Å². The van der Waals surface area contributed by atoms with Gasteiger partial charge in [-0.05, 0) is 67.1 Å². The Kier molecular flexibility index (Phi) is 6.90. The molecule has 0 amide bonds. The van der Waals surface area contributed by atoms with Crippen molar-refractivity contribution in [2.45, 2.75) is 57.7 Å². The molecule has 0 bridgehead atoms. The number of benzene rings is 2. The predicted octanol–water partition coefficient (Wildman–Crippen LogP) is 4.32. The fourth-order valence-electron chi connectivity index (χ4n) is 5.18. The lowest BCUT2D eigenvalue weighted by molar-refractivity contribution is 0.149. The smallest absolute Gasteiger partial charge is 0.253 e. The molecule has 0 unspecified atom stereocenters. The first kappa shape index (κ1) is 23.2. The molecule has 8 heteroatoms. The highest BCUT2D eigenvalue weighted by molar-refractivity contribution is 5.80. The number of H-pyrrole nitrogens is 1. The van der Waals surface area contributed by atoms with Crippen LogP contribution in [-0.4, -0.2) is 49.8 Å². The maximum absolute atomic E-state index is 13.4. The van der Waals surface area contributed by atoms with Crippen LogP contribution in [0, 0.1) is 0 Å². The molecule has 1 N–H and O–H groups in total. The highest BCUT2D eigenvalue weighted by Crippen LogP contribution is 2.32. The fraction of sp³-hybridized carbons (Fsp3) is 0.407. The molecule has 1 fully saturated rings. The summed E-state index contributed by atoms with van der Waals surface area (Å²) in [4.78, 5) is 18.8. The molecule has 5 rings (SSSR count). The summed E-state index contributed by atoms with van der Waals surface area (Å²) in [5, 5.41) is 13.7. The average molecular weight is 473 g/mol. The van der Waals surface area contributed by atoms with Gasteiger partial charge in [0.05, 0.1) is 13.2 Å². The van der Waals surface area contributed by atoms with Crippen LogP contribution in [0.3, 0.4) is 0 Å². The molecule has 0 saturated heterocycles. The molecular formula is C27H32N6O2. The molecule has 8 nitrogen and oxygen atoms in total. The third-order valence-electron chi connectivity index (χ3n) is 6.99. The van der Waals surface area contributed by atoms with Gasteiger partial charge >= 0.3 is 0 Å². The zero-order valence-electron chi connectivity index (χ0n) is 20.4. The van der Waals surface area contributed by atoms with Gasteiger partial charge in [-0.1, -0.05) is 49.6 Å². The monoisotopic (exact) mass is 472 g/mol. The van der Waals surface area contributed by atoms with Crippen molar-refractivity contribution in [3.05, 3.63) is 81.9 Å². The van der Waals surface area contributed by atoms with Crippen molar-refractivity contribution in [2.24, 2.45) is 0 Å². The summed E-state index contributed by atoms with van der Waals surface area (Å²) in [7, 11) is 2.10. The highest BCUT2D eigenvalue weighted by Gasteiger charge is 2.33. The SMILES string of the molecule is CCOc1ccc2[nH]c(=O)c([C@@H](c3nnnn3Cc3ccccc3)N(C)C3CCCCC3)cc2c1. The molecule has 2 aromatic carbocycles. The largest absolute Gasteiger partial charge is 0.494 e. The predicted molar refractivity (Wildman–Crippen MR) is 136 cm³/mol. The number of ether oxygens (including phenoxy) is 1. The molecule has 4 aromatic rings. The van der Waals surface area contributed by atoms with E-state index in [2.05, 4.69) is 44.6 Å². The second kappa shape index (κ2) is 10.4. The number of aromatic nitrogens is 5. The summed E-state index contributed by atoms with van der Waals surface area (Å²) in [6.45, 7) is 3.09. The van der Waals surface area contributed by atoms with E-state index in [9.17, 15) is 4.79 Å². The molecule has 0 radical (unpaired) electrons. The number of tetrazole rings is 1. The van der Waals surface area contributed by atoms with E-state index in [1.165, 1.54) is 19.3 Å². The van der Waals surface area contributed by atoms with Crippen LogP contribution in [0.5, 0.6) is 5.75 Å². The molecule has 35 heavy (non-hydrogen) atoms. The quantitative estimate of drug-likeness (QED) is 0.411. The molecular weight excluding hydrogens is 440 g/mol. The zero-order valence-corrected chi connectivity index (χ0v) is 20.4. The van der Waals surface area contributed by atoms with E-state index in [-0.39, 0.29) is 11.6 Å². The number of pyridine rings is 1. The lowest BCUT2D eigenvalue weighted by atomic mass is 9.92. The van der Waals surface area contributed by atoms with Crippen LogP contribution >= 0.6 is 0 Å². The van der Waals surface area contributed by atoms with Crippen LogP contribution < -0.4 is 10.3 Å². The Morgan fingerprint density at radius 2 is 1.91 bits per heavy atom. The van der Waals surface area contributed by atoms with Crippen LogP contribution in [0.25, 0.3) is 10.9 Å². The number of hydrogen-bond acceptors (Lipinski definition) is 6. The van der Waals surface area contributed by atoms with Crippen LogP contribution in [0.1, 0.15) is 62.0 Å². The number of nitrogens with zero attached hydrogens (tertiary/aromatic N) is 5. The number of nitrogens with one attached hydrogen (secondary N) is 1. The van der Waals surface area contributed by atoms with E-state index in [1.54, 1.807) is 0 Å². The van der Waals surface area contributed by atoms with Gasteiger partial charge in [0.2, 0.25) is 0 Å². The van der Waals surface area contributed by atoms with Gasteiger partial charge in [0.15, 0.2) is 5.82 Å². The summed E-state index contributed by atoms with van der Waals surface area (Å²) >= 11 is 0. The van der Waals surface area contributed by atoms with Crippen LogP contribution in [0.2, 0.25) is 0 Å². The van der Waals surface area contributed by atoms with Crippen molar-refractivity contribution in [3.63, 3.8) is 0 Å². The third-order valence-corrected chi connectivity index (χ3v) is 6.99. The maximum Gasteiger partial charge on any atom is 0.253 e. The molecule has 182 valence electrons. The number of aromatic amines is 1. The van der Waals surface area contributed by atoms with E-state index in [1.807, 2.05) is 54.1 Å². The summed E-state index contributed by atoms with van der Waals surface area (Å²) < 4.78 is 7.53. The summed E-state index contributed by atoms with van der Waals surface area (Å²) in [6.07, 6.45) is 5.86. The van der Waals surface area contributed by atoms with Crippen molar-refractivity contribution in [1.82, 2.24) is 30.1 Å². The molecule has 1 saturated carbocycles. The Labute approximate surface area is 204 Å². The molecule has 2 aromatic heterocycles. The summed E-state index contributed by atoms with van der Waals surface area (Å²) in [6, 6.07) is 17.8. The van der Waals surface area contributed by atoms with Gasteiger partial charge in [-0.2, -0.15) is 0 Å². The van der Waals surface area contributed by atoms with Gasteiger partial charge in [-0.3, -0.25) is 9.69 Å². The van der Waals surface area contributed by atoms with E-state index in [0.29, 0.717) is 30.6 Å². The molecule has 1 atom stereocenters. The third kappa shape index (κ3) is 4.98. The van der Waals surface area contributed by atoms with Crippen LogP contribution in [-0.2, 0) is 6.54 Å². The Balaban J connectivity index is 1.61. The standard InChI is InChI=1S/C27H32N6O2/c1-3-35-22-14-15-24-20(16-22)17-23(27(34)28-24)25(32(2)21-12-8-5-9-13-21)26-29-30-31-33(26)18-19-10-6-4-7-11-19/h4,6-7,10-11,14-17,21,25H,3,5,8-9,12-13,18H2,1-2H3,(H,28,34)/t25-/m0/s1. The van der Waals surface area contributed by atoms with Crippen molar-refractivity contribution >= 4 is 10.9 Å². The van der Waals surface area contributed by atoms with Gasteiger partial charge in [0.25, 0.3) is 5.56 Å². The van der Waals surface area contributed by atoms with Gasteiger partial charge in [0, 0.05) is 22.5 Å². The first-order chi connectivity index (χ1) is 17.1. The van der Waals surface area contributed by atoms with E-state index >= 15 is 0 Å². The summed E-state index contributed by atoms with van der Waals surface area (Å²) in [5.74, 6) is 1.46. The minimum atomic E-state index is -0.374. The number of hydrogen-bond donors (Lipinski definition) is 1. The topological polar surface area (TPSA) is 88.9 Å². The maximum atomic E-state index is 13.4. The minimum absolute atomic E-state index is 0.122. The fourth-order valence-corrected chi connectivity index (χ4v) is 5.18. The van der Waals surface area contributed by atoms with Crippen molar-refractivity contribution < 1.29 is 4.74 Å². The van der Waals surface area contributed by atoms with Gasteiger partial charge in [0.1, 0.15) is 11.8 Å². The first-order valence-electron chi connectivity index (χ1n) is 12.5. The Bertz CT molecular complexity index is 1330. The van der Waals surface area contributed by atoms with E-state index in [4.69, 9.17) is 4.74 Å². The average Bonchev–Trinajstić information content (AvgIpc) is 3.33. The molecule has 2 heterocycles. The van der Waals surface area contributed by atoms with Crippen molar-refractivity contribution in [1.29, 1.82) is 0 Å². The Morgan fingerprint density at radius 1 is 1.11 bits per heavy atom. The van der Waals surface area contributed by atoms with Crippen LogP contribution in [0.15, 0.2) is 59.4 Å². The van der Waals surface area contributed by atoms with Gasteiger partial charge in [-0.25, -0.2) is 4.68 Å². The zero-order chi connectivity index (χ0) is 24.2. The lowest BCUT2D eigenvalue weighted by Gasteiger charge is -2.36. The molecule has 0 aliphatic heterocycles. The molecule has 1 aliphatic rings. The number of fused-ring (bicyclic) bond motifs is 1. The number of rotatable bonds is 8. The Hall–Kier alpha value is -3.52. The molecule has 1 aliphatic carbocycles. The summed E-state index contributed by atoms with van der Waals surface area (Å²) in [5.41, 5.74) is 2.41. The Morgan fingerprint density at radius 3 is 2.69 bits per heavy atom. The van der Waals surface area contributed by atoms with Crippen molar-refractivity contribution in [3.8, 4) is 5.75 Å². The van der Waals surface area contributed by atoms with E-state index < -0.39 is 0 Å².